The van der Waals surface area contributed by atoms with E-state index in [-0.39, 0.29) is 12.3 Å². The lowest BCUT2D eigenvalue weighted by molar-refractivity contribution is -0.116. The summed E-state index contributed by atoms with van der Waals surface area (Å²) < 4.78 is 16.7. The van der Waals surface area contributed by atoms with E-state index in [9.17, 15) is 4.79 Å². The minimum atomic E-state index is -0.100. The van der Waals surface area contributed by atoms with E-state index >= 15 is 0 Å². The summed E-state index contributed by atoms with van der Waals surface area (Å²) in [5.41, 5.74) is 2.97. The van der Waals surface area contributed by atoms with Gasteiger partial charge < -0.3 is 19.5 Å². The molecule has 0 aromatic heterocycles. The van der Waals surface area contributed by atoms with Crippen molar-refractivity contribution in [2.45, 2.75) is 20.3 Å². The highest BCUT2D eigenvalue weighted by Gasteiger charge is 2.13. The number of carbonyl (C=O) groups excluding carboxylic acids is 1. The summed E-state index contributed by atoms with van der Waals surface area (Å²) in [6.45, 7) is 5.46. The summed E-state index contributed by atoms with van der Waals surface area (Å²) in [5.74, 6) is 2.09. The minimum absolute atomic E-state index is 0.100. The van der Waals surface area contributed by atoms with Gasteiger partial charge in [0.1, 0.15) is 19.0 Å². The predicted molar refractivity (Wildman–Crippen MR) is 92.1 cm³/mol. The zero-order valence-corrected chi connectivity index (χ0v) is 13.9. The molecule has 0 saturated carbocycles. The van der Waals surface area contributed by atoms with Gasteiger partial charge in [-0.2, -0.15) is 0 Å². The number of amides is 1. The maximum atomic E-state index is 12.1. The fourth-order valence-corrected chi connectivity index (χ4v) is 2.48. The van der Waals surface area contributed by atoms with Gasteiger partial charge in [0.05, 0.1) is 13.0 Å². The molecule has 5 nitrogen and oxygen atoms in total. The van der Waals surface area contributed by atoms with Crippen molar-refractivity contribution in [1.82, 2.24) is 0 Å². The lowest BCUT2D eigenvalue weighted by Gasteiger charge is -2.19. The van der Waals surface area contributed by atoms with Crippen LogP contribution in [0.15, 0.2) is 36.4 Å². The monoisotopic (exact) mass is 327 g/mol. The Morgan fingerprint density at radius 1 is 1.12 bits per heavy atom. The van der Waals surface area contributed by atoms with Gasteiger partial charge in [0, 0.05) is 11.8 Å². The van der Waals surface area contributed by atoms with Crippen molar-refractivity contribution in [3.8, 4) is 17.2 Å². The summed E-state index contributed by atoms with van der Waals surface area (Å²) in [4.78, 5) is 12.1. The van der Waals surface area contributed by atoms with E-state index in [4.69, 9.17) is 14.2 Å². The third-order valence-electron chi connectivity index (χ3n) is 3.97. The SMILES string of the molecule is Cc1cccc(OCCC(=O)Nc2ccc3c(c2)OCCO3)c1C. The summed E-state index contributed by atoms with van der Waals surface area (Å²) in [5, 5.41) is 2.85. The molecular formula is C19H21NO4. The third-order valence-corrected chi connectivity index (χ3v) is 3.97. The average molecular weight is 327 g/mol. The van der Waals surface area contributed by atoms with Gasteiger partial charge in [0.15, 0.2) is 11.5 Å². The van der Waals surface area contributed by atoms with Crippen LogP contribution in [0.2, 0.25) is 0 Å². The second-order valence-electron chi connectivity index (χ2n) is 5.70. The molecule has 1 amide bonds. The first kappa shape index (κ1) is 16.2. The molecular weight excluding hydrogens is 306 g/mol. The highest BCUT2D eigenvalue weighted by molar-refractivity contribution is 5.91. The summed E-state index contributed by atoms with van der Waals surface area (Å²) in [7, 11) is 0. The zero-order valence-electron chi connectivity index (χ0n) is 13.9. The molecule has 0 fully saturated rings. The fraction of sp³-hybridized carbons (Fsp3) is 0.316. The number of hydrogen-bond donors (Lipinski definition) is 1. The van der Waals surface area contributed by atoms with Gasteiger partial charge in [0.25, 0.3) is 0 Å². The number of hydrogen-bond acceptors (Lipinski definition) is 4. The van der Waals surface area contributed by atoms with Crippen LogP contribution in [0.1, 0.15) is 17.5 Å². The summed E-state index contributed by atoms with van der Waals surface area (Å²) >= 11 is 0. The van der Waals surface area contributed by atoms with Crippen LogP contribution in [0.25, 0.3) is 0 Å². The number of nitrogens with one attached hydrogen (secondary N) is 1. The largest absolute Gasteiger partial charge is 0.493 e. The van der Waals surface area contributed by atoms with Crippen molar-refractivity contribution in [1.29, 1.82) is 0 Å². The molecule has 0 spiro atoms. The minimum Gasteiger partial charge on any atom is -0.493 e. The Morgan fingerprint density at radius 2 is 1.92 bits per heavy atom. The molecule has 1 N–H and O–H groups in total. The van der Waals surface area contributed by atoms with Crippen molar-refractivity contribution in [2.24, 2.45) is 0 Å². The fourth-order valence-electron chi connectivity index (χ4n) is 2.48. The first-order chi connectivity index (χ1) is 11.6. The second-order valence-corrected chi connectivity index (χ2v) is 5.70. The molecule has 5 heteroatoms. The average Bonchev–Trinajstić information content (AvgIpc) is 2.58. The van der Waals surface area contributed by atoms with Crippen LogP contribution >= 0.6 is 0 Å². The van der Waals surface area contributed by atoms with Crippen LogP contribution in [0, 0.1) is 13.8 Å². The van der Waals surface area contributed by atoms with Gasteiger partial charge in [-0.15, -0.1) is 0 Å². The number of anilines is 1. The Labute approximate surface area is 141 Å². The highest BCUT2D eigenvalue weighted by Crippen LogP contribution is 2.32. The molecule has 126 valence electrons. The van der Waals surface area contributed by atoms with Crippen molar-refractivity contribution in [3.63, 3.8) is 0 Å². The molecule has 0 bridgehead atoms. The van der Waals surface area contributed by atoms with Gasteiger partial charge in [-0.1, -0.05) is 12.1 Å². The molecule has 0 saturated heterocycles. The Bertz CT molecular complexity index is 742. The van der Waals surface area contributed by atoms with Gasteiger partial charge in [-0.3, -0.25) is 4.79 Å². The van der Waals surface area contributed by atoms with Gasteiger partial charge in [0.2, 0.25) is 5.91 Å². The third kappa shape index (κ3) is 3.79. The van der Waals surface area contributed by atoms with E-state index < -0.39 is 0 Å². The summed E-state index contributed by atoms with van der Waals surface area (Å²) in [6, 6.07) is 11.3. The van der Waals surface area contributed by atoms with Crippen molar-refractivity contribution in [3.05, 3.63) is 47.5 Å². The molecule has 0 radical (unpaired) electrons. The highest BCUT2D eigenvalue weighted by atomic mass is 16.6. The van der Waals surface area contributed by atoms with Crippen LogP contribution in [-0.2, 0) is 4.79 Å². The maximum absolute atomic E-state index is 12.1. The lowest BCUT2D eigenvalue weighted by atomic mass is 10.1. The Balaban J connectivity index is 1.52. The molecule has 1 aliphatic heterocycles. The first-order valence-corrected chi connectivity index (χ1v) is 8.02. The molecule has 2 aromatic carbocycles. The van der Waals surface area contributed by atoms with Crippen LogP contribution in [0.3, 0.4) is 0 Å². The Hall–Kier alpha value is -2.69. The van der Waals surface area contributed by atoms with E-state index in [0.717, 1.165) is 11.3 Å². The number of aryl methyl sites for hydroxylation is 1. The summed E-state index contributed by atoms with van der Waals surface area (Å²) in [6.07, 6.45) is 0.280. The van der Waals surface area contributed by atoms with Crippen molar-refractivity contribution in [2.75, 3.05) is 25.1 Å². The number of benzene rings is 2. The van der Waals surface area contributed by atoms with Crippen LogP contribution < -0.4 is 19.5 Å². The van der Waals surface area contributed by atoms with Gasteiger partial charge in [-0.25, -0.2) is 0 Å². The smallest absolute Gasteiger partial charge is 0.227 e. The van der Waals surface area contributed by atoms with Gasteiger partial charge in [-0.05, 0) is 43.2 Å². The number of fused-ring (bicyclic) bond motifs is 1. The zero-order chi connectivity index (χ0) is 16.9. The molecule has 0 unspecified atom stereocenters. The Morgan fingerprint density at radius 3 is 2.75 bits per heavy atom. The van der Waals surface area contributed by atoms with E-state index in [2.05, 4.69) is 5.32 Å². The van der Waals surface area contributed by atoms with E-state index in [1.54, 1.807) is 18.2 Å². The van der Waals surface area contributed by atoms with Crippen molar-refractivity contribution >= 4 is 11.6 Å². The predicted octanol–water partition coefficient (Wildman–Crippen LogP) is 3.48. The normalized spacial score (nSPS) is 12.6. The van der Waals surface area contributed by atoms with E-state index in [1.807, 2.05) is 32.0 Å². The Kier molecular flexibility index (Phi) is 4.89. The number of ether oxygens (including phenoxy) is 3. The maximum Gasteiger partial charge on any atom is 0.227 e. The number of carbonyl (C=O) groups is 1. The van der Waals surface area contributed by atoms with Crippen LogP contribution in [-0.4, -0.2) is 25.7 Å². The molecule has 0 aliphatic carbocycles. The molecule has 0 atom stereocenters. The molecule has 2 aromatic rings. The van der Waals surface area contributed by atoms with Crippen molar-refractivity contribution < 1.29 is 19.0 Å². The molecule has 3 rings (SSSR count). The van der Waals surface area contributed by atoms with Crippen LogP contribution in [0.5, 0.6) is 17.2 Å². The van der Waals surface area contributed by atoms with E-state index in [0.29, 0.717) is 37.0 Å². The van der Waals surface area contributed by atoms with Gasteiger partial charge >= 0.3 is 0 Å². The van der Waals surface area contributed by atoms with Crippen LogP contribution in [0.4, 0.5) is 5.69 Å². The molecule has 1 heterocycles. The number of rotatable bonds is 5. The molecule has 1 aliphatic rings. The standard InChI is InChI=1S/C19H21NO4/c1-13-4-3-5-16(14(13)2)22-9-8-19(21)20-15-6-7-17-18(12-15)24-11-10-23-17/h3-7,12H,8-11H2,1-2H3,(H,20,21). The molecule has 24 heavy (non-hydrogen) atoms. The lowest BCUT2D eigenvalue weighted by Crippen LogP contribution is -2.17. The quantitative estimate of drug-likeness (QED) is 0.913. The first-order valence-electron chi connectivity index (χ1n) is 8.02. The van der Waals surface area contributed by atoms with E-state index in [1.165, 1.54) is 5.56 Å². The second kappa shape index (κ2) is 7.25. The topological polar surface area (TPSA) is 56.8 Å².